The third-order valence-electron chi connectivity index (χ3n) is 3.51. The van der Waals surface area contributed by atoms with E-state index in [2.05, 4.69) is 4.90 Å². The van der Waals surface area contributed by atoms with Gasteiger partial charge in [-0.2, -0.15) is 0 Å². The molecule has 0 radical (unpaired) electrons. The molecule has 17 heavy (non-hydrogen) atoms. The van der Waals surface area contributed by atoms with Crippen molar-refractivity contribution < 1.29 is 9.84 Å². The van der Waals surface area contributed by atoms with E-state index < -0.39 is 0 Å². The summed E-state index contributed by atoms with van der Waals surface area (Å²) in [4.78, 5) is 2.22. The number of ether oxygens (including phenoxy) is 1. The molecule has 1 heterocycles. The lowest BCUT2D eigenvalue weighted by molar-refractivity contribution is 0.136. The minimum absolute atomic E-state index is 0.258. The summed E-state index contributed by atoms with van der Waals surface area (Å²) >= 11 is 0. The Morgan fingerprint density at radius 1 is 1.53 bits per heavy atom. The standard InChI is InChI=1S/C13H20N2O2/c1-9(16)10-6-7-15(8-10)11-4-3-5-12(17-2)13(11)14/h3-5,9-10,16H,6-8,14H2,1-2H3. The van der Waals surface area contributed by atoms with E-state index in [-0.39, 0.29) is 6.10 Å². The smallest absolute Gasteiger partial charge is 0.143 e. The fraction of sp³-hybridized carbons (Fsp3) is 0.538. The van der Waals surface area contributed by atoms with Crippen LogP contribution in [0.15, 0.2) is 18.2 Å². The van der Waals surface area contributed by atoms with Gasteiger partial charge < -0.3 is 20.5 Å². The normalized spacial score (nSPS) is 21.6. The van der Waals surface area contributed by atoms with E-state index in [1.54, 1.807) is 7.11 Å². The van der Waals surface area contributed by atoms with Crippen LogP contribution in [0.2, 0.25) is 0 Å². The molecular weight excluding hydrogens is 216 g/mol. The first-order valence-electron chi connectivity index (χ1n) is 5.99. The van der Waals surface area contributed by atoms with Crippen LogP contribution in [0.1, 0.15) is 13.3 Å². The van der Waals surface area contributed by atoms with Gasteiger partial charge in [0.25, 0.3) is 0 Å². The van der Waals surface area contributed by atoms with E-state index in [0.717, 1.165) is 25.2 Å². The molecule has 0 bridgehead atoms. The Morgan fingerprint density at radius 3 is 2.88 bits per heavy atom. The van der Waals surface area contributed by atoms with Gasteiger partial charge in [-0.05, 0) is 25.5 Å². The Morgan fingerprint density at radius 2 is 2.29 bits per heavy atom. The Labute approximate surface area is 102 Å². The molecular formula is C13H20N2O2. The van der Waals surface area contributed by atoms with Crippen LogP contribution in [-0.4, -0.2) is 31.4 Å². The summed E-state index contributed by atoms with van der Waals surface area (Å²) in [5, 5.41) is 9.60. The highest BCUT2D eigenvalue weighted by Gasteiger charge is 2.27. The van der Waals surface area contributed by atoms with Crippen molar-refractivity contribution in [1.82, 2.24) is 0 Å². The van der Waals surface area contributed by atoms with Crippen molar-refractivity contribution >= 4 is 11.4 Å². The van der Waals surface area contributed by atoms with Gasteiger partial charge in [-0.25, -0.2) is 0 Å². The molecule has 3 N–H and O–H groups in total. The van der Waals surface area contributed by atoms with E-state index in [9.17, 15) is 5.11 Å². The molecule has 1 saturated heterocycles. The number of methoxy groups -OCH3 is 1. The zero-order valence-electron chi connectivity index (χ0n) is 10.4. The molecule has 2 unspecified atom stereocenters. The van der Waals surface area contributed by atoms with Gasteiger partial charge in [-0.3, -0.25) is 0 Å². The lowest BCUT2D eigenvalue weighted by Gasteiger charge is -2.22. The molecule has 4 heteroatoms. The van der Waals surface area contributed by atoms with E-state index in [0.29, 0.717) is 17.4 Å². The van der Waals surface area contributed by atoms with Gasteiger partial charge in [0.15, 0.2) is 0 Å². The van der Waals surface area contributed by atoms with Crippen LogP contribution in [0.4, 0.5) is 11.4 Å². The average molecular weight is 236 g/mol. The van der Waals surface area contributed by atoms with Crippen LogP contribution in [0, 0.1) is 5.92 Å². The summed E-state index contributed by atoms with van der Waals surface area (Å²) in [7, 11) is 1.62. The molecule has 4 nitrogen and oxygen atoms in total. The second-order valence-electron chi connectivity index (χ2n) is 4.63. The van der Waals surface area contributed by atoms with Crippen LogP contribution in [-0.2, 0) is 0 Å². The van der Waals surface area contributed by atoms with Crippen LogP contribution in [0.3, 0.4) is 0 Å². The number of nitrogens with two attached hydrogens (primary N) is 1. The Kier molecular flexibility index (Phi) is 3.43. The molecule has 1 aliphatic rings. The maximum absolute atomic E-state index is 9.60. The third-order valence-corrected chi connectivity index (χ3v) is 3.51. The molecule has 2 atom stereocenters. The number of para-hydroxylation sites is 1. The van der Waals surface area contributed by atoms with E-state index in [1.807, 2.05) is 25.1 Å². The highest BCUT2D eigenvalue weighted by atomic mass is 16.5. The summed E-state index contributed by atoms with van der Waals surface area (Å²) in [6, 6.07) is 5.81. The summed E-state index contributed by atoms with van der Waals surface area (Å²) in [5.74, 6) is 1.04. The van der Waals surface area contributed by atoms with E-state index in [4.69, 9.17) is 10.5 Å². The lowest BCUT2D eigenvalue weighted by Crippen LogP contribution is -2.24. The molecule has 1 aliphatic heterocycles. The van der Waals surface area contributed by atoms with Crippen LogP contribution in [0.5, 0.6) is 5.75 Å². The summed E-state index contributed by atoms with van der Waals surface area (Å²) in [6.45, 7) is 3.64. The lowest BCUT2D eigenvalue weighted by atomic mass is 10.0. The van der Waals surface area contributed by atoms with Gasteiger partial charge in [-0.1, -0.05) is 6.07 Å². The maximum atomic E-state index is 9.60. The third kappa shape index (κ3) is 2.31. The molecule has 94 valence electrons. The van der Waals surface area contributed by atoms with Crippen molar-refractivity contribution in [3.05, 3.63) is 18.2 Å². The van der Waals surface area contributed by atoms with Crippen LogP contribution in [0.25, 0.3) is 0 Å². The molecule has 1 aromatic rings. The highest BCUT2D eigenvalue weighted by molar-refractivity contribution is 5.74. The number of hydrogen-bond acceptors (Lipinski definition) is 4. The highest BCUT2D eigenvalue weighted by Crippen LogP contribution is 2.35. The topological polar surface area (TPSA) is 58.7 Å². The van der Waals surface area contributed by atoms with E-state index >= 15 is 0 Å². The van der Waals surface area contributed by atoms with Gasteiger partial charge >= 0.3 is 0 Å². The number of benzene rings is 1. The van der Waals surface area contributed by atoms with Gasteiger partial charge in [0.2, 0.25) is 0 Å². The minimum atomic E-state index is -0.258. The number of nitrogen functional groups attached to an aromatic ring is 1. The minimum Gasteiger partial charge on any atom is -0.495 e. The Bertz CT molecular complexity index is 393. The maximum Gasteiger partial charge on any atom is 0.143 e. The SMILES string of the molecule is COc1cccc(N2CCC(C(C)O)C2)c1N. The predicted octanol–water partition coefficient (Wildman–Crippen LogP) is 1.48. The van der Waals surface area contributed by atoms with Crippen LogP contribution >= 0.6 is 0 Å². The number of hydrogen-bond donors (Lipinski definition) is 2. The molecule has 0 saturated carbocycles. The molecule has 1 aromatic carbocycles. The van der Waals surface area contributed by atoms with E-state index in [1.165, 1.54) is 0 Å². The predicted molar refractivity (Wildman–Crippen MR) is 69.4 cm³/mol. The summed E-state index contributed by atoms with van der Waals surface area (Å²) in [5.41, 5.74) is 7.75. The van der Waals surface area contributed by atoms with Gasteiger partial charge in [0.05, 0.1) is 24.6 Å². The van der Waals surface area contributed by atoms with Crippen molar-refractivity contribution in [1.29, 1.82) is 0 Å². The first kappa shape index (κ1) is 12.0. The zero-order valence-corrected chi connectivity index (χ0v) is 10.4. The molecule has 0 spiro atoms. The second-order valence-corrected chi connectivity index (χ2v) is 4.63. The largest absolute Gasteiger partial charge is 0.495 e. The van der Waals surface area contributed by atoms with Crippen molar-refractivity contribution in [3.63, 3.8) is 0 Å². The Hall–Kier alpha value is -1.42. The van der Waals surface area contributed by atoms with Crippen molar-refractivity contribution in [3.8, 4) is 5.75 Å². The fourth-order valence-electron chi connectivity index (χ4n) is 2.39. The molecule has 0 aliphatic carbocycles. The van der Waals surface area contributed by atoms with Gasteiger partial charge in [0.1, 0.15) is 5.75 Å². The van der Waals surface area contributed by atoms with Crippen LogP contribution < -0.4 is 15.4 Å². The van der Waals surface area contributed by atoms with Gasteiger partial charge in [-0.15, -0.1) is 0 Å². The average Bonchev–Trinajstić information content (AvgIpc) is 2.78. The molecule has 0 amide bonds. The summed E-state index contributed by atoms with van der Waals surface area (Å²) in [6.07, 6.45) is 0.751. The number of aliphatic hydroxyl groups excluding tert-OH is 1. The fourth-order valence-corrected chi connectivity index (χ4v) is 2.39. The van der Waals surface area contributed by atoms with Crippen molar-refractivity contribution in [2.24, 2.45) is 5.92 Å². The van der Waals surface area contributed by atoms with Gasteiger partial charge in [0, 0.05) is 19.0 Å². The first-order valence-corrected chi connectivity index (χ1v) is 5.99. The monoisotopic (exact) mass is 236 g/mol. The zero-order chi connectivity index (χ0) is 12.4. The Balaban J connectivity index is 2.19. The summed E-state index contributed by atoms with van der Waals surface area (Å²) < 4.78 is 5.22. The van der Waals surface area contributed by atoms with Crippen molar-refractivity contribution in [2.45, 2.75) is 19.4 Å². The molecule has 0 aromatic heterocycles. The first-order chi connectivity index (χ1) is 8.13. The molecule has 1 fully saturated rings. The second kappa shape index (κ2) is 4.84. The number of rotatable bonds is 3. The quantitative estimate of drug-likeness (QED) is 0.781. The number of nitrogens with zero attached hydrogens (tertiary/aromatic N) is 1. The van der Waals surface area contributed by atoms with Crippen molar-refractivity contribution in [2.75, 3.05) is 30.8 Å². The number of aliphatic hydroxyl groups is 1. The molecule has 2 rings (SSSR count). The number of anilines is 2.